The molecule has 1 aromatic rings. The van der Waals surface area contributed by atoms with Gasteiger partial charge in [0.2, 0.25) is 17.7 Å². The highest BCUT2D eigenvalue weighted by atomic mass is 16.4. The maximum atomic E-state index is 13.6. The fourth-order valence-corrected chi connectivity index (χ4v) is 4.46. The molecule has 1 aliphatic rings. The molecular weight excluding hydrogens is 462 g/mol. The van der Waals surface area contributed by atoms with E-state index >= 15 is 0 Å². The van der Waals surface area contributed by atoms with E-state index < -0.39 is 42.0 Å². The van der Waals surface area contributed by atoms with Crippen LogP contribution in [0.1, 0.15) is 57.9 Å². The second-order valence-corrected chi connectivity index (χ2v) is 9.86. The molecule has 0 aromatic heterocycles. The number of carboxylic acid groups (broad SMARTS) is 1. The van der Waals surface area contributed by atoms with Gasteiger partial charge in [-0.25, -0.2) is 4.79 Å². The number of benzene rings is 1. The molecule has 0 unspecified atom stereocenters. The number of hydrogen-bond donors (Lipinski definition) is 5. The lowest BCUT2D eigenvalue weighted by Gasteiger charge is -2.30. The van der Waals surface area contributed by atoms with Gasteiger partial charge in [-0.1, -0.05) is 44.2 Å². The lowest BCUT2D eigenvalue weighted by Crippen LogP contribution is -2.57. The number of aliphatic carboxylic acids is 1. The van der Waals surface area contributed by atoms with Crippen molar-refractivity contribution in [2.45, 2.75) is 83.0 Å². The fourth-order valence-electron chi connectivity index (χ4n) is 4.46. The number of carboxylic acids is 1. The Balaban J connectivity index is 2.17. The predicted molar refractivity (Wildman–Crippen MR) is 137 cm³/mol. The molecular formula is C26H41N5O5. The summed E-state index contributed by atoms with van der Waals surface area (Å²) in [6, 6.07) is 5.82. The molecule has 10 nitrogen and oxygen atoms in total. The molecule has 200 valence electrons. The van der Waals surface area contributed by atoms with Crippen molar-refractivity contribution in [3.05, 3.63) is 35.9 Å². The smallest absolute Gasteiger partial charge is 0.326 e. The lowest BCUT2D eigenvalue weighted by atomic mass is 10.0. The van der Waals surface area contributed by atoms with Crippen LogP contribution in [0.4, 0.5) is 0 Å². The van der Waals surface area contributed by atoms with E-state index in [1.165, 1.54) is 4.90 Å². The monoisotopic (exact) mass is 503 g/mol. The summed E-state index contributed by atoms with van der Waals surface area (Å²) in [6.07, 6.45) is 3.25. The van der Waals surface area contributed by atoms with Gasteiger partial charge in [-0.3, -0.25) is 14.4 Å². The van der Waals surface area contributed by atoms with Crippen LogP contribution in [-0.4, -0.2) is 71.0 Å². The number of nitrogens with one attached hydrogen (secondary N) is 2. The second-order valence-electron chi connectivity index (χ2n) is 9.86. The molecule has 0 bridgehead atoms. The van der Waals surface area contributed by atoms with Crippen LogP contribution in [0.5, 0.6) is 0 Å². The lowest BCUT2D eigenvalue weighted by molar-refractivity contribution is -0.145. The van der Waals surface area contributed by atoms with Gasteiger partial charge in [0, 0.05) is 13.0 Å². The number of likely N-dealkylation sites (tertiary alicyclic amines) is 1. The second kappa shape index (κ2) is 14.5. The first-order chi connectivity index (χ1) is 17.1. The molecule has 2 rings (SSSR count). The molecule has 3 amide bonds. The molecule has 1 heterocycles. The van der Waals surface area contributed by atoms with Crippen LogP contribution in [0, 0.1) is 5.92 Å². The zero-order chi connectivity index (χ0) is 26.7. The summed E-state index contributed by atoms with van der Waals surface area (Å²) in [6.45, 7) is 4.72. The average Bonchev–Trinajstić information content (AvgIpc) is 3.32. The van der Waals surface area contributed by atoms with Gasteiger partial charge in [-0.05, 0) is 56.6 Å². The Hall–Kier alpha value is -2.98. The number of rotatable bonds is 14. The Morgan fingerprint density at radius 2 is 1.78 bits per heavy atom. The van der Waals surface area contributed by atoms with Gasteiger partial charge < -0.3 is 32.1 Å². The number of nitrogens with two attached hydrogens (primary N) is 2. The Bertz CT molecular complexity index is 879. The SMILES string of the molecule is CC(C)C[C@H](N)C(=O)N[C@@H](Cc1ccccc1)C(=O)N1CCC[C@H]1C(=O)N[C@@H](CCCCN)C(=O)O. The summed E-state index contributed by atoms with van der Waals surface area (Å²) in [7, 11) is 0. The molecule has 36 heavy (non-hydrogen) atoms. The standard InChI is InChI=1S/C26H41N5O5/c1-17(2)15-19(28)23(32)30-21(16-18-9-4-3-5-10-18)25(34)31-14-8-12-22(31)24(33)29-20(26(35)36)11-6-7-13-27/h3-5,9-10,17,19-22H,6-8,11-16,27-28H2,1-2H3,(H,29,33)(H,30,32)(H,35,36)/t19-,20-,21-,22-/m0/s1. The predicted octanol–water partition coefficient (Wildman–Crippen LogP) is 0.777. The third-order valence-electron chi connectivity index (χ3n) is 6.36. The Morgan fingerprint density at radius 3 is 2.39 bits per heavy atom. The first kappa shape index (κ1) is 29.3. The largest absolute Gasteiger partial charge is 0.480 e. The van der Waals surface area contributed by atoms with E-state index in [-0.39, 0.29) is 24.7 Å². The zero-order valence-electron chi connectivity index (χ0n) is 21.3. The van der Waals surface area contributed by atoms with Crippen molar-refractivity contribution in [1.82, 2.24) is 15.5 Å². The number of carbonyl (C=O) groups excluding carboxylic acids is 3. The van der Waals surface area contributed by atoms with Gasteiger partial charge in [0.1, 0.15) is 18.1 Å². The first-order valence-corrected chi connectivity index (χ1v) is 12.8. The Morgan fingerprint density at radius 1 is 1.08 bits per heavy atom. The number of carbonyl (C=O) groups is 4. The van der Waals surface area contributed by atoms with Gasteiger partial charge in [0.15, 0.2) is 0 Å². The van der Waals surface area contributed by atoms with Gasteiger partial charge in [-0.2, -0.15) is 0 Å². The molecule has 1 aromatic carbocycles. The van der Waals surface area contributed by atoms with Crippen LogP contribution in [-0.2, 0) is 25.6 Å². The van der Waals surface area contributed by atoms with E-state index in [9.17, 15) is 24.3 Å². The topological polar surface area (TPSA) is 168 Å². The van der Waals surface area contributed by atoms with Crippen LogP contribution in [0.3, 0.4) is 0 Å². The number of nitrogens with zero attached hydrogens (tertiary/aromatic N) is 1. The van der Waals surface area contributed by atoms with Crippen LogP contribution in [0.15, 0.2) is 30.3 Å². The summed E-state index contributed by atoms with van der Waals surface area (Å²) in [4.78, 5) is 52.6. The summed E-state index contributed by atoms with van der Waals surface area (Å²) in [5.74, 6) is -2.19. The molecule has 0 aliphatic carbocycles. The van der Waals surface area contributed by atoms with Gasteiger partial charge in [0.05, 0.1) is 6.04 Å². The summed E-state index contributed by atoms with van der Waals surface area (Å²) >= 11 is 0. The summed E-state index contributed by atoms with van der Waals surface area (Å²) in [5, 5.41) is 14.9. The average molecular weight is 504 g/mol. The van der Waals surface area contributed by atoms with E-state index in [2.05, 4.69) is 10.6 Å². The minimum atomic E-state index is -1.12. The number of amides is 3. The van der Waals surface area contributed by atoms with Crippen LogP contribution >= 0.6 is 0 Å². The van der Waals surface area contributed by atoms with Crippen LogP contribution in [0.25, 0.3) is 0 Å². The third-order valence-corrected chi connectivity index (χ3v) is 6.36. The number of unbranched alkanes of at least 4 members (excludes halogenated alkanes) is 1. The molecule has 0 saturated carbocycles. The molecule has 4 atom stereocenters. The van der Waals surface area contributed by atoms with E-state index in [1.807, 2.05) is 44.2 Å². The maximum Gasteiger partial charge on any atom is 0.326 e. The molecule has 1 aliphatic heterocycles. The van der Waals surface area contributed by atoms with Crippen molar-refractivity contribution in [2.24, 2.45) is 17.4 Å². The minimum Gasteiger partial charge on any atom is -0.480 e. The fraction of sp³-hybridized carbons (Fsp3) is 0.615. The van der Waals surface area contributed by atoms with Gasteiger partial charge in [0.25, 0.3) is 0 Å². The summed E-state index contributed by atoms with van der Waals surface area (Å²) in [5.41, 5.74) is 12.4. The van der Waals surface area contributed by atoms with Crippen LogP contribution in [0.2, 0.25) is 0 Å². The van der Waals surface area contributed by atoms with Gasteiger partial charge >= 0.3 is 5.97 Å². The zero-order valence-corrected chi connectivity index (χ0v) is 21.3. The van der Waals surface area contributed by atoms with Crippen molar-refractivity contribution >= 4 is 23.7 Å². The van der Waals surface area contributed by atoms with Crippen molar-refractivity contribution in [3.63, 3.8) is 0 Å². The quantitative estimate of drug-likeness (QED) is 0.234. The molecule has 1 saturated heterocycles. The van der Waals surface area contributed by atoms with E-state index in [0.717, 1.165) is 5.56 Å². The molecule has 1 fully saturated rings. The normalized spacial score (nSPS) is 17.9. The first-order valence-electron chi connectivity index (χ1n) is 12.8. The molecule has 0 spiro atoms. The minimum absolute atomic E-state index is 0.215. The van der Waals surface area contributed by atoms with E-state index in [1.54, 1.807) is 0 Å². The van der Waals surface area contributed by atoms with Gasteiger partial charge in [-0.15, -0.1) is 0 Å². The van der Waals surface area contributed by atoms with Crippen LogP contribution < -0.4 is 22.1 Å². The van der Waals surface area contributed by atoms with E-state index in [0.29, 0.717) is 45.2 Å². The van der Waals surface area contributed by atoms with Crippen molar-refractivity contribution in [1.29, 1.82) is 0 Å². The van der Waals surface area contributed by atoms with E-state index in [4.69, 9.17) is 11.5 Å². The number of hydrogen-bond acceptors (Lipinski definition) is 6. The van der Waals surface area contributed by atoms with Crippen molar-refractivity contribution in [3.8, 4) is 0 Å². The van der Waals surface area contributed by atoms with Crippen molar-refractivity contribution in [2.75, 3.05) is 13.1 Å². The highest BCUT2D eigenvalue weighted by Crippen LogP contribution is 2.20. The maximum absolute atomic E-state index is 13.6. The highest BCUT2D eigenvalue weighted by Gasteiger charge is 2.39. The Kier molecular flexibility index (Phi) is 11.8. The molecule has 0 radical (unpaired) electrons. The molecule has 10 heteroatoms. The van der Waals surface area contributed by atoms with Crippen molar-refractivity contribution < 1.29 is 24.3 Å². The third kappa shape index (κ3) is 8.91. The summed E-state index contributed by atoms with van der Waals surface area (Å²) < 4.78 is 0. The highest BCUT2D eigenvalue weighted by molar-refractivity contribution is 5.94. The molecule has 7 N–H and O–H groups in total. The Labute approximate surface area is 213 Å².